The van der Waals surface area contributed by atoms with E-state index in [-0.39, 0.29) is 5.41 Å². The van der Waals surface area contributed by atoms with E-state index >= 15 is 0 Å². The van der Waals surface area contributed by atoms with E-state index in [4.69, 9.17) is 11.6 Å². The second-order valence-electron chi connectivity index (χ2n) is 6.22. The van der Waals surface area contributed by atoms with Crippen LogP contribution in [-0.2, 0) is 12.5 Å². The summed E-state index contributed by atoms with van der Waals surface area (Å²) in [6.45, 7) is 6.17. The molecule has 0 spiro atoms. The van der Waals surface area contributed by atoms with Gasteiger partial charge in [-0.3, -0.25) is 0 Å². The monoisotopic (exact) mass is 327 g/mol. The molecule has 4 heteroatoms. The molecular formula is C19H22ClN3. The smallest absolute Gasteiger partial charge is 0.165 e. The third kappa shape index (κ3) is 2.63. The van der Waals surface area contributed by atoms with E-state index in [1.165, 1.54) is 5.57 Å². The van der Waals surface area contributed by atoms with E-state index in [0.717, 1.165) is 40.6 Å². The van der Waals surface area contributed by atoms with Crippen molar-refractivity contribution in [2.75, 3.05) is 0 Å². The summed E-state index contributed by atoms with van der Waals surface area (Å²) in [5, 5.41) is 9.68. The van der Waals surface area contributed by atoms with Gasteiger partial charge in [0, 0.05) is 12.6 Å². The van der Waals surface area contributed by atoms with Gasteiger partial charge in [-0.05, 0) is 56.9 Å². The van der Waals surface area contributed by atoms with Crippen LogP contribution in [0.15, 0.2) is 42.0 Å². The molecule has 0 saturated heterocycles. The van der Waals surface area contributed by atoms with E-state index in [2.05, 4.69) is 46.0 Å². The number of allylic oxidation sites excluding steroid dienone is 4. The Morgan fingerprint density at radius 1 is 1.26 bits per heavy atom. The highest BCUT2D eigenvalue weighted by atomic mass is 35.5. The second-order valence-corrected chi connectivity index (χ2v) is 6.62. The summed E-state index contributed by atoms with van der Waals surface area (Å²) < 4.78 is 2.09. The predicted molar refractivity (Wildman–Crippen MR) is 95.7 cm³/mol. The molecule has 3 rings (SSSR count). The molecule has 1 aromatic heterocycles. The number of hydrogen-bond acceptors (Lipinski definition) is 2. The van der Waals surface area contributed by atoms with E-state index in [1.807, 2.05) is 33.0 Å². The van der Waals surface area contributed by atoms with Crippen LogP contribution in [0.2, 0.25) is 5.02 Å². The first-order chi connectivity index (χ1) is 11.0. The molecule has 0 N–H and O–H groups in total. The molecule has 1 aromatic carbocycles. The van der Waals surface area contributed by atoms with Crippen LogP contribution >= 0.6 is 11.6 Å². The molecule has 1 heterocycles. The van der Waals surface area contributed by atoms with Gasteiger partial charge in [0.1, 0.15) is 5.82 Å². The van der Waals surface area contributed by atoms with Crippen LogP contribution in [0.5, 0.6) is 0 Å². The molecule has 0 radical (unpaired) electrons. The van der Waals surface area contributed by atoms with Crippen molar-refractivity contribution in [2.24, 2.45) is 7.05 Å². The molecule has 0 unspecified atom stereocenters. The molecule has 0 bridgehead atoms. The minimum atomic E-state index is 0.0123. The Labute approximate surface area is 142 Å². The fourth-order valence-corrected chi connectivity index (χ4v) is 3.58. The number of nitrogens with zero attached hydrogens (tertiary/aromatic N) is 3. The lowest BCUT2D eigenvalue weighted by Crippen LogP contribution is -2.15. The highest BCUT2D eigenvalue weighted by Crippen LogP contribution is 2.53. The number of benzene rings is 1. The summed E-state index contributed by atoms with van der Waals surface area (Å²) in [6, 6.07) is 6.04. The molecular weight excluding hydrogens is 306 g/mol. The number of halogens is 1. The molecule has 1 aliphatic carbocycles. The van der Waals surface area contributed by atoms with Gasteiger partial charge < -0.3 is 4.57 Å². The minimum Gasteiger partial charge on any atom is -0.313 e. The average Bonchev–Trinajstić information content (AvgIpc) is 3.23. The molecule has 0 amide bonds. The molecule has 0 atom stereocenters. The van der Waals surface area contributed by atoms with Crippen molar-refractivity contribution < 1.29 is 0 Å². The van der Waals surface area contributed by atoms with Crippen LogP contribution in [0, 0.1) is 6.92 Å². The number of rotatable bonds is 4. The van der Waals surface area contributed by atoms with Crippen LogP contribution in [0.3, 0.4) is 0 Å². The van der Waals surface area contributed by atoms with Crippen LogP contribution in [-0.4, -0.2) is 14.8 Å². The summed E-state index contributed by atoms with van der Waals surface area (Å²) in [5.41, 5.74) is 3.40. The van der Waals surface area contributed by atoms with Gasteiger partial charge in [0.15, 0.2) is 5.82 Å². The van der Waals surface area contributed by atoms with Gasteiger partial charge in [0.05, 0.1) is 10.4 Å². The highest BCUT2D eigenvalue weighted by Gasteiger charge is 2.50. The number of aromatic nitrogens is 3. The Morgan fingerprint density at radius 3 is 2.57 bits per heavy atom. The van der Waals surface area contributed by atoms with Crippen molar-refractivity contribution in [1.82, 2.24) is 14.8 Å². The van der Waals surface area contributed by atoms with E-state index in [0.29, 0.717) is 0 Å². The Morgan fingerprint density at radius 2 is 2.00 bits per heavy atom. The molecule has 2 aromatic rings. The quantitative estimate of drug-likeness (QED) is 0.740. The molecule has 23 heavy (non-hydrogen) atoms. The van der Waals surface area contributed by atoms with Crippen molar-refractivity contribution in [3.05, 3.63) is 58.4 Å². The standard InChI is InChI=1S/C19H22ClN3/c1-5-7-14(6-2)19(10-11-19)18-22-21-17(23(18)4)15-9-8-13(3)12-16(15)20/h5-9,12H,10-11H2,1-4H3/b7-5-,14-6+. The van der Waals surface area contributed by atoms with Gasteiger partial charge in [-0.25, -0.2) is 0 Å². The van der Waals surface area contributed by atoms with Crippen molar-refractivity contribution in [2.45, 2.75) is 39.0 Å². The summed E-state index contributed by atoms with van der Waals surface area (Å²) in [5.74, 6) is 1.85. The zero-order valence-corrected chi connectivity index (χ0v) is 14.9. The topological polar surface area (TPSA) is 30.7 Å². The third-order valence-electron chi connectivity index (χ3n) is 4.63. The molecule has 120 valence electrons. The largest absolute Gasteiger partial charge is 0.313 e. The zero-order valence-electron chi connectivity index (χ0n) is 14.1. The maximum absolute atomic E-state index is 6.41. The molecule has 1 aliphatic rings. The normalized spacial score (nSPS) is 17.0. The number of hydrogen-bond donors (Lipinski definition) is 0. The fourth-order valence-electron chi connectivity index (χ4n) is 3.26. The Bertz CT molecular complexity index is 795. The summed E-state index contributed by atoms with van der Waals surface area (Å²) in [4.78, 5) is 0. The summed E-state index contributed by atoms with van der Waals surface area (Å²) in [7, 11) is 2.03. The lowest BCUT2D eigenvalue weighted by atomic mass is 9.94. The molecule has 3 nitrogen and oxygen atoms in total. The lowest BCUT2D eigenvalue weighted by Gasteiger charge is -2.16. The predicted octanol–water partition coefficient (Wildman–Crippen LogP) is 5.00. The van der Waals surface area contributed by atoms with Crippen molar-refractivity contribution in [1.29, 1.82) is 0 Å². The fraction of sp³-hybridized carbons (Fsp3) is 0.368. The second kappa shape index (κ2) is 5.97. The molecule has 1 fully saturated rings. The van der Waals surface area contributed by atoms with Crippen molar-refractivity contribution >= 4 is 11.6 Å². The average molecular weight is 328 g/mol. The van der Waals surface area contributed by atoms with Crippen LogP contribution in [0.4, 0.5) is 0 Å². The van der Waals surface area contributed by atoms with Gasteiger partial charge >= 0.3 is 0 Å². The SMILES string of the molecule is C/C=C\C(=C/C)C1(c2nnc(-c3ccc(C)cc3Cl)n2C)CC1. The Hall–Kier alpha value is -1.87. The van der Waals surface area contributed by atoms with Gasteiger partial charge in [0.2, 0.25) is 0 Å². The zero-order chi connectivity index (χ0) is 16.6. The van der Waals surface area contributed by atoms with Gasteiger partial charge in [-0.15, -0.1) is 10.2 Å². The highest BCUT2D eigenvalue weighted by molar-refractivity contribution is 6.33. The van der Waals surface area contributed by atoms with Gasteiger partial charge in [0.25, 0.3) is 0 Å². The first-order valence-corrected chi connectivity index (χ1v) is 8.37. The lowest BCUT2D eigenvalue weighted by molar-refractivity contribution is 0.692. The van der Waals surface area contributed by atoms with Crippen LogP contribution in [0.25, 0.3) is 11.4 Å². The van der Waals surface area contributed by atoms with Crippen molar-refractivity contribution in [3.63, 3.8) is 0 Å². The van der Waals surface area contributed by atoms with Crippen molar-refractivity contribution in [3.8, 4) is 11.4 Å². The van der Waals surface area contributed by atoms with Gasteiger partial charge in [-0.1, -0.05) is 35.9 Å². The number of aryl methyl sites for hydroxylation is 1. The maximum Gasteiger partial charge on any atom is 0.165 e. The molecule has 0 aliphatic heterocycles. The minimum absolute atomic E-state index is 0.0123. The Balaban J connectivity index is 2.07. The molecule has 1 saturated carbocycles. The first kappa shape index (κ1) is 16.0. The first-order valence-electron chi connectivity index (χ1n) is 7.99. The summed E-state index contributed by atoms with van der Waals surface area (Å²) in [6.07, 6.45) is 8.68. The van der Waals surface area contributed by atoms with Crippen LogP contribution in [0.1, 0.15) is 38.1 Å². The van der Waals surface area contributed by atoms with Crippen LogP contribution < -0.4 is 0 Å². The van der Waals surface area contributed by atoms with E-state index in [9.17, 15) is 0 Å². The summed E-state index contributed by atoms with van der Waals surface area (Å²) >= 11 is 6.41. The van der Waals surface area contributed by atoms with Gasteiger partial charge in [-0.2, -0.15) is 0 Å². The van der Waals surface area contributed by atoms with E-state index in [1.54, 1.807) is 0 Å². The Kier molecular flexibility index (Phi) is 4.15. The maximum atomic E-state index is 6.41. The van der Waals surface area contributed by atoms with E-state index < -0.39 is 0 Å². The third-order valence-corrected chi connectivity index (χ3v) is 4.94.